The van der Waals surface area contributed by atoms with Crippen molar-refractivity contribution in [2.45, 2.75) is 0 Å². The Bertz CT molecular complexity index is 1040. The van der Waals surface area contributed by atoms with Gasteiger partial charge in [0.05, 0.1) is 0 Å². The summed E-state index contributed by atoms with van der Waals surface area (Å²) in [6.07, 6.45) is 1.62. The summed E-state index contributed by atoms with van der Waals surface area (Å²) in [6, 6.07) is 16.7. The zero-order chi connectivity index (χ0) is 20.1. The number of nitrogens with one attached hydrogen (secondary N) is 2. The minimum Gasteiger partial charge on any atom is -0.486 e. The molecule has 0 radical (unpaired) electrons. The van der Waals surface area contributed by atoms with Gasteiger partial charge in [-0.15, -0.1) is 6.58 Å². The third kappa shape index (κ3) is 4.35. The van der Waals surface area contributed by atoms with Crippen molar-refractivity contribution in [1.82, 2.24) is 15.3 Å². The molecule has 7 nitrogen and oxygen atoms in total. The lowest BCUT2D eigenvalue weighted by molar-refractivity contribution is 0.0953. The number of anilines is 2. The number of ether oxygens (including phenoxy) is 2. The van der Waals surface area contributed by atoms with Crippen LogP contribution in [0.3, 0.4) is 0 Å². The number of carbonyl (C=O) groups excluding carboxylic acids is 1. The van der Waals surface area contributed by atoms with Gasteiger partial charge in [0.2, 0.25) is 0 Å². The van der Waals surface area contributed by atoms with Gasteiger partial charge >= 0.3 is 0 Å². The topological polar surface area (TPSA) is 85.4 Å². The van der Waals surface area contributed by atoms with E-state index in [1.54, 1.807) is 12.1 Å². The Labute approximate surface area is 168 Å². The maximum atomic E-state index is 12.5. The van der Waals surface area contributed by atoms with Gasteiger partial charge in [0.15, 0.2) is 17.3 Å². The van der Waals surface area contributed by atoms with Crippen molar-refractivity contribution in [3.05, 3.63) is 72.9 Å². The minimum absolute atomic E-state index is 0.265. The standard InChI is InChI=1S/C22H20N4O3/c1-2-10-23-22(27)17-14-20(26-21(25-17)15-6-4-3-5-7-15)24-16-8-9-18-19(13-16)29-12-11-28-18/h2-9,13-14H,1,10-12H2,(H,23,27)(H,24,25,26). The Kier molecular flexibility index (Phi) is 5.38. The number of benzene rings is 2. The van der Waals surface area contributed by atoms with E-state index in [0.717, 1.165) is 11.3 Å². The first kappa shape index (κ1) is 18.5. The molecule has 0 saturated heterocycles. The van der Waals surface area contributed by atoms with E-state index >= 15 is 0 Å². The Balaban J connectivity index is 1.68. The molecule has 146 valence electrons. The van der Waals surface area contributed by atoms with Gasteiger partial charge in [-0.2, -0.15) is 0 Å². The van der Waals surface area contributed by atoms with E-state index in [4.69, 9.17) is 9.47 Å². The van der Waals surface area contributed by atoms with Crippen LogP contribution in [0.1, 0.15) is 10.5 Å². The van der Waals surface area contributed by atoms with Gasteiger partial charge in [0.1, 0.15) is 24.7 Å². The molecule has 2 heterocycles. The van der Waals surface area contributed by atoms with E-state index in [2.05, 4.69) is 27.2 Å². The van der Waals surface area contributed by atoms with Crippen molar-refractivity contribution in [2.75, 3.05) is 25.1 Å². The molecule has 0 bridgehead atoms. The predicted molar refractivity (Wildman–Crippen MR) is 111 cm³/mol. The first-order valence-electron chi connectivity index (χ1n) is 9.23. The molecule has 0 aliphatic carbocycles. The second-order valence-corrected chi connectivity index (χ2v) is 6.31. The summed E-state index contributed by atoms with van der Waals surface area (Å²) in [7, 11) is 0. The molecule has 7 heteroatoms. The molecule has 1 amide bonds. The monoisotopic (exact) mass is 388 g/mol. The molecule has 4 rings (SSSR count). The van der Waals surface area contributed by atoms with Gasteiger partial charge < -0.3 is 20.1 Å². The van der Waals surface area contributed by atoms with Gasteiger partial charge in [0, 0.05) is 29.9 Å². The van der Waals surface area contributed by atoms with Crippen LogP contribution in [0.4, 0.5) is 11.5 Å². The van der Waals surface area contributed by atoms with Crippen LogP contribution >= 0.6 is 0 Å². The highest BCUT2D eigenvalue weighted by molar-refractivity contribution is 5.93. The molecule has 0 saturated carbocycles. The highest BCUT2D eigenvalue weighted by Gasteiger charge is 2.15. The number of amides is 1. The van der Waals surface area contributed by atoms with Gasteiger partial charge in [0.25, 0.3) is 5.91 Å². The highest BCUT2D eigenvalue weighted by Crippen LogP contribution is 2.33. The van der Waals surface area contributed by atoms with Crippen molar-refractivity contribution in [3.63, 3.8) is 0 Å². The number of fused-ring (bicyclic) bond motifs is 1. The molecule has 0 spiro atoms. The van der Waals surface area contributed by atoms with Crippen molar-refractivity contribution in [3.8, 4) is 22.9 Å². The second kappa shape index (κ2) is 8.43. The maximum Gasteiger partial charge on any atom is 0.270 e. The van der Waals surface area contributed by atoms with Gasteiger partial charge in [-0.3, -0.25) is 4.79 Å². The number of rotatable bonds is 6. The molecule has 0 unspecified atom stereocenters. The number of nitrogens with zero attached hydrogens (tertiary/aromatic N) is 2. The first-order valence-corrected chi connectivity index (χ1v) is 9.23. The van der Waals surface area contributed by atoms with Crippen LogP contribution in [-0.2, 0) is 0 Å². The Morgan fingerprint density at radius 3 is 2.62 bits per heavy atom. The fraction of sp³-hybridized carbons (Fsp3) is 0.136. The lowest BCUT2D eigenvalue weighted by Crippen LogP contribution is -2.24. The average Bonchev–Trinajstić information content (AvgIpc) is 2.77. The lowest BCUT2D eigenvalue weighted by atomic mass is 10.2. The fourth-order valence-electron chi connectivity index (χ4n) is 2.87. The summed E-state index contributed by atoms with van der Waals surface area (Å²) in [4.78, 5) is 21.5. The van der Waals surface area contributed by atoms with Gasteiger partial charge in [-0.05, 0) is 12.1 Å². The van der Waals surface area contributed by atoms with Crippen LogP contribution in [0.2, 0.25) is 0 Å². The zero-order valence-corrected chi connectivity index (χ0v) is 15.7. The van der Waals surface area contributed by atoms with E-state index in [0.29, 0.717) is 42.9 Å². The fourth-order valence-corrected chi connectivity index (χ4v) is 2.87. The van der Waals surface area contributed by atoms with E-state index in [1.165, 1.54) is 0 Å². The van der Waals surface area contributed by atoms with Crippen molar-refractivity contribution < 1.29 is 14.3 Å². The summed E-state index contributed by atoms with van der Waals surface area (Å²) in [5.41, 5.74) is 1.85. The SMILES string of the molecule is C=CCNC(=O)c1cc(Nc2ccc3c(c2)OCCO3)nc(-c2ccccc2)n1. The van der Waals surface area contributed by atoms with E-state index in [-0.39, 0.29) is 11.6 Å². The minimum atomic E-state index is -0.297. The van der Waals surface area contributed by atoms with Crippen LogP contribution in [0.15, 0.2) is 67.3 Å². The molecular formula is C22H20N4O3. The van der Waals surface area contributed by atoms with Gasteiger partial charge in [-0.25, -0.2) is 9.97 Å². The molecule has 29 heavy (non-hydrogen) atoms. The average molecular weight is 388 g/mol. The first-order chi connectivity index (χ1) is 14.2. The third-order valence-corrected chi connectivity index (χ3v) is 4.21. The Morgan fingerprint density at radius 2 is 1.83 bits per heavy atom. The second-order valence-electron chi connectivity index (χ2n) is 6.31. The van der Waals surface area contributed by atoms with Gasteiger partial charge in [-0.1, -0.05) is 36.4 Å². The smallest absolute Gasteiger partial charge is 0.270 e. The molecule has 3 aromatic rings. The summed E-state index contributed by atoms with van der Waals surface area (Å²) in [5, 5.41) is 5.98. The molecule has 1 aromatic heterocycles. The molecule has 2 aromatic carbocycles. The molecule has 1 aliphatic rings. The quantitative estimate of drug-likeness (QED) is 0.628. The molecule has 2 N–H and O–H groups in total. The Hall–Kier alpha value is -3.87. The number of hydrogen-bond donors (Lipinski definition) is 2. The van der Waals surface area contributed by atoms with Crippen molar-refractivity contribution in [2.24, 2.45) is 0 Å². The van der Waals surface area contributed by atoms with Crippen molar-refractivity contribution >= 4 is 17.4 Å². The van der Waals surface area contributed by atoms with E-state index in [9.17, 15) is 4.79 Å². The van der Waals surface area contributed by atoms with Crippen LogP contribution in [0.5, 0.6) is 11.5 Å². The predicted octanol–water partition coefficient (Wildman–Crippen LogP) is 3.57. The lowest BCUT2D eigenvalue weighted by Gasteiger charge is -2.19. The molecular weight excluding hydrogens is 368 g/mol. The summed E-state index contributed by atoms with van der Waals surface area (Å²) in [6.45, 7) is 5.02. The van der Waals surface area contributed by atoms with Crippen LogP contribution < -0.4 is 20.1 Å². The largest absolute Gasteiger partial charge is 0.486 e. The number of hydrogen-bond acceptors (Lipinski definition) is 6. The third-order valence-electron chi connectivity index (χ3n) is 4.21. The van der Waals surface area contributed by atoms with Crippen molar-refractivity contribution in [1.29, 1.82) is 0 Å². The molecule has 0 fully saturated rings. The summed E-state index contributed by atoms with van der Waals surface area (Å²) in [5.74, 6) is 2.03. The van der Waals surface area contributed by atoms with Crippen LogP contribution in [0, 0.1) is 0 Å². The molecule has 0 atom stereocenters. The van der Waals surface area contributed by atoms with Crippen LogP contribution in [-0.4, -0.2) is 35.6 Å². The Morgan fingerprint density at radius 1 is 1.03 bits per heavy atom. The van der Waals surface area contributed by atoms with Crippen LogP contribution in [0.25, 0.3) is 11.4 Å². The molecule has 1 aliphatic heterocycles. The van der Waals surface area contributed by atoms with E-state index < -0.39 is 0 Å². The van der Waals surface area contributed by atoms with E-state index in [1.807, 2.05) is 48.5 Å². The summed E-state index contributed by atoms with van der Waals surface area (Å²) >= 11 is 0. The number of carbonyl (C=O) groups is 1. The highest BCUT2D eigenvalue weighted by atomic mass is 16.6. The zero-order valence-electron chi connectivity index (χ0n) is 15.7. The number of aromatic nitrogens is 2. The maximum absolute atomic E-state index is 12.5. The summed E-state index contributed by atoms with van der Waals surface area (Å²) < 4.78 is 11.2. The normalized spacial score (nSPS) is 12.1.